The van der Waals surface area contributed by atoms with Crippen LogP contribution in [0.3, 0.4) is 0 Å². The van der Waals surface area contributed by atoms with Gasteiger partial charge in [-0.05, 0) is 18.2 Å². The van der Waals surface area contributed by atoms with E-state index in [1.807, 2.05) is 0 Å². The fourth-order valence-electron chi connectivity index (χ4n) is 1.19. The first kappa shape index (κ1) is 14.1. The van der Waals surface area contributed by atoms with Crippen molar-refractivity contribution in [3.63, 3.8) is 0 Å². The summed E-state index contributed by atoms with van der Waals surface area (Å²) in [6.07, 6.45) is 1.80. The molecule has 0 aromatic heterocycles. The molecule has 0 atom stereocenters. The number of hydrogen-bond donors (Lipinski definition) is 2. The fourth-order valence-corrected chi connectivity index (χ4v) is 1.97. The number of halogens is 1. The van der Waals surface area contributed by atoms with Crippen molar-refractivity contribution in [3.8, 4) is 0 Å². The van der Waals surface area contributed by atoms with Crippen LogP contribution in [0.2, 0.25) is 0 Å². The van der Waals surface area contributed by atoms with Gasteiger partial charge in [-0.1, -0.05) is 6.08 Å². The van der Waals surface area contributed by atoms with Crippen LogP contribution in [0.5, 0.6) is 0 Å². The Labute approximate surface area is 110 Å². The van der Waals surface area contributed by atoms with Crippen molar-refractivity contribution >= 4 is 30.3 Å². The van der Waals surface area contributed by atoms with Crippen LogP contribution in [-0.4, -0.2) is 24.0 Å². The Morgan fingerprint density at radius 3 is 3.06 bits per heavy atom. The zero-order valence-corrected chi connectivity index (χ0v) is 11.0. The van der Waals surface area contributed by atoms with Crippen molar-refractivity contribution in [2.45, 2.75) is 4.90 Å². The Morgan fingerprint density at radius 2 is 2.35 bits per heavy atom. The molecule has 0 saturated heterocycles. The smallest absolute Gasteiger partial charge is 0.254 e. The zero-order chi connectivity index (χ0) is 12.7. The summed E-state index contributed by atoms with van der Waals surface area (Å²) in [6.45, 7) is 4.10. The number of amides is 1. The molecular formula is C12H14FNOS2. The van der Waals surface area contributed by atoms with E-state index in [1.54, 1.807) is 17.8 Å². The minimum atomic E-state index is -0.529. The van der Waals surface area contributed by atoms with E-state index in [9.17, 15) is 9.18 Å². The van der Waals surface area contributed by atoms with Gasteiger partial charge in [-0.25, -0.2) is 4.39 Å². The summed E-state index contributed by atoms with van der Waals surface area (Å²) in [6, 6.07) is 4.17. The summed E-state index contributed by atoms with van der Waals surface area (Å²) < 4.78 is 13.3. The van der Waals surface area contributed by atoms with E-state index in [0.29, 0.717) is 11.4 Å². The largest absolute Gasteiger partial charge is 0.351 e. The first-order valence-electron chi connectivity index (χ1n) is 5.10. The van der Waals surface area contributed by atoms with Gasteiger partial charge in [-0.3, -0.25) is 4.79 Å². The molecule has 1 amide bonds. The van der Waals surface area contributed by atoms with Crippen LogP contribution in [0.4, 0.5) is 4.39 Å². The van der Waals surface area contributed by atoms with Crippen LogP contribution < -0.4 is 5.32 Å². The van der Waals surface area contributed by atoms with Gasteiger partial charge in [0, 0.05) is 22.9 Å². The maximum Gasteiger partial charge on any atom is 0.254 e. The summed E-state index contributed by atoms with van der Waals surface area (Å²) in [4.78, 5) is 12.2. The molecule has 92 valence electrons. The molecule has 0 aliphatic heterocycles. The number of benzene rings is 1. The second-order valence-electron chi connectivity index (χ2n) is 3.28. The molecule has 2 nitrogen and oxygen atoms in total. The Hall–Kier alpha value is -0.940. The van der Waals surface area contributed by atoms with Crippen LogP contribution >= 0.6 is 24.4 Å². The molecule has 0 aliphatic rings. The van der Waals surface area contributed by atoms with Gasteiger partial charge in [0.1, 0.15) is 5.82 Å². The molecule has 5 heteroatoms. The Morgan fingerprint density at radius 1 is 1.59 bits per heavy atom. The summed E-state index contributed by atoms with van der Waals surface area (Å²) in [5.74, 6) is 0.688. The van der Waals surface area contributed by atoms with E-state index in [2.05, 4.69) is 24.5 Å². The van der Waals surface area contributed by atoms with Crippen LogP contribution in [0, 0.1) is 5.82 Å². The number of thioether (sulfide) groups is 1. The van der Waals surface area contributed by atoms with Gasteiger partial charge in [0.05, 0.1) is 5.56 Å². The van der Waals surface area contributed by atoms with E-state index >= 15 is 0 Å². The van der Waals surface area contributed by atoms with E-state index in [0.717, 1.165) is 11.5 Å². The Bertz CT molecular complexity index is 409. The van der Waals surface area contributed by atoms with E-state index < -0.39 is 11.7 Å². The van der Waals surface area contributed by atoms with Crippen molar-refractivity contribution in [2.75, 3.05) is 18.1 Å². The lowest BCUT2D eigenvalue weighted by molar-refractivity contribution is 0.0952. The van der Waals surface area contributed by atoms with Gasteiger partial charge in [-0.15, -0.1) is 19.2 Å². The molecule has 0 aliphatic carbocycles. The zero-order valence-electron chi connectivity index (χ0n) is 9.28. The highest BCUT2D eigenvalue weighted by Gasteiger charge is 2.10. The average Bonchev–Trinajstić information content (AvgIpc) is 2.32. The van der Waals surface area contributed by atoms with Gasteiger partial charge in [0.2, 0.25) is 0 Å². The number of carbonyl (C=O) groups excluding carboxylic acids is 1. The highest BCUT2D eigenvalue weighted by atomic mass is 32.2. The highest BCUT2D eigenvalue weighted by molar-refractivity contribution is 7.99. The minimum Gasteiger partial charge on any atom is -0.351 e. The number of nitrogens with one attached hydrogen (secondary N) is 1. The van der Waals surface area contributed by atoms with Crippen LogP contribution in [0.25, 0.3) is 0 Å². The second-order valence-corrected chi connectivity index (χ2v) is 4.95. The highest BCUT2D eigenvalue weighted by Crippen LogP contribution is 2.13. The molecule has 17 heavy (non-hydrogen) atoms. The molecular weight excluding hydrogens is 257 g/mol. The Kier molecular flexibility index (Phi) is 6.15. The lowest BCUT2D eigenvalue weighted by Crippen LogP contribution is -2.26. The quantitative estimate of drug-likeness (QED) is 0.473. The van der Waals surface area contributed by atoms with Gasteiger partial charge >= 0.3 is 0 Å². The minimum absolute atomic E-state index is 0.0335. The van der Waals surface area contributed by atoms with Crippen molar-refractivity contribution < 1.29 is 9.18 Å². The lowest BCUT2D eigenvalue weighted by atomic mass is 10.2. The molecule has 1 rings (SSSR count). The number of thiol groups is 1. The maximum absolute atomic E-state index is 13.3. The summed E-state index contributed by atoms with van der Waals surface area (Å²) >= 11 is 5.73. The van der Waals surface area contributed by atoms with Gasteiger partial charge < -0.3 is 5.32 Å². The molecule has 1 aromatic rings. The van der Waals surface area contributed by atoms with Gasteiger partial charge in [0.25, 0.3) is 5.91 Å². The molecule has 1 N–H and O–H groups in total. The lowest BCUT2D eigenvalue weighted by Gasteiger charge is -2.06. The van der Waals surface area contributed by atoms with Crippen molar-refractivity contribution in [1.82, 2.24) is 5.32 Å². The molecule has 0 spiro atoms. The van der Waals surface area contributed by atoms with Gasteiger partial charge in [-0.2, -0.15) is 11.8 Å². The normalized spacial score (nSPS) is 10.0. The van der Waals surface area contributed by atoms with Crippen LogP contribution in [0.1, 0.15) is 10.4 Å². The predicted molar refractivity (Wildman–Crippen MR) is 73.5 cm³/mol. The first-order valence-corrected chi connectivity index (χ1v) is 6.70. The first-order chi connectivity index (χ1) is 8.15. The number of carbonyl (C=O) groups is 1. The molecule has 0 heterocycles. The summed E-state index contributed by atoms with van der Waals surface area (Å²) in [7, 11) is 0. The third kappa shape index (κ3) is 4.83. The molecule has 0 bridgehead atoms. The second kappa shape index (κ2) is 7.40. The van der Waals surface area contributed by atoms with Crippen LogP contribution in [0.15, 0.2) is 35.7 Å². The van der Waals surface area contributed by atoms with Crippen molar-refractivity contribution in [1.29, 1.82) is 0 Å². The topological polar surface area (TPSA) is 29.1 Å². The summed E-state index contributed by atoms with van der Waals surface area (Å²) in [5.41, 5.74) is 0.0335. The average molecular weight is 271 g/mol. The maximum atomic E-state index is 13.3. The Balaban J connectivity index is 2.46. The van der Waals surface area contributed by atoms with E-state index in [1.165, 1.54) is 18.2 Å². The van der Waals surface area contributed by atoms with E-state index in [-0.39, 0.29) is 5.56 Å². The summed E-state index contributed by atoms with van der Waals surface area (Å²) in [5, 5.41) is 2.66. The molecule has 1 aromatic carbocycles. The van der Waals surface area contributed by atoms with Crippen molar-refractivity contribution in [2.24, 2.45) is 0 Å². The number of rotatable bonds is 6. The van der Waals surface area contributed by atoms with Crippen LogP contribution in [-0.2, 0) is 0 Å². The molecule has 0 fully saturated rings. The molecule has 0 saturated carbocycles. The predicted octanol–water partition coefficient (Wildman–Crippen LogP) is 2.76. The SMILES string of the molecule is C=CCSCCNC(=O)c1cc(S)ccc1F. The van der Waals surface area contributed by atoms with E-state index in [4.69, 9.17) is 0 Å². The van der Waals surface area contributed by atoms with Gasteiger partial charge in [0.15, 0.2) is 0 Å². The third-order valence-electron chi connectivity index (χ3n) is 1.96. The standard InChI is InChI=1S/C12H14FNOS2/c1-2-6-17-7-5-14-12(15)10-8-9(16)3-4-11(10)13/h2-4,8,16H,1,5-7H2,(H,14,15). The monoisotopic (exact) mass is 271 g/mol. The third-order valence-corrected chi connectivity index (χ3v) is 3.20. The fraction of sp³-hybridized carbons (Fsp3) is 0.250. The molecule has 0 unspecified atom stereocenters. The van der Waals surface area contributed by atoms with Crippen molar-refractivity contribution in [3.05, 3.63) is 42.2 Å². The number of hydrogen-bond acceptors (Lipinski definition) is 3. The molecule has 0 radical (unpaired) electrons.